The molecule has 0 radical (unpaired) electrons. The second kappa shape index (κ2) is 5.72. The van der Waals surface area contributed by atoms with E-state index in [4.69, 9.17) is 33.5 Å². The Hall–Kier alpha value is -1.49. The van der Waals surface area contributed by atoms with Crippen LogP contribution in [-0.4, -0.2) is 5.16 Å². The molecule has 3 aromatic rings. The molecule has 1 heterocycles. The molecule has 0 spiro atoms. The van der Waals surface area contributed by atoms with E-state index in [1.165, 1.54) is 0 Å². The van der Waals surface area contributed by atoms with Crippen LogP contribution < -0.4 is 5.73 Å². The molecule has 0 saturated heterocycles. The number of benzene rings is 2. The molecule has 0 unspecified atom stereocenters. The molecule has 106 valence electrons. The van der Waals surface area contributed by atoms with Crippen LogP contribution in [0.3, 0.4) is 0 Å². The number of hydrogen-bond acceptors (Lipinski definition) is 3. The molecule has 0 atom stereocenters. The Kier molecular flexibility index (Phi) is 3.93. The van der Waals surface area contributed by atoms with E-state index in [2.05, 4.69) is 21.1 Å². The number of nitrogen functional groups attached to an aromatic ring is 1. The molecule has 3 rings (SSSR count). The fourth-order valence-electron chi connectivity index (χ4n) is 2.09. The van der Waals surface area contributed by atoms with Crippen molar-refractivity contribution < 1.29 is 4.52 Å². The monoisotopic (exact) mass is 382 g/mol. The van der Waals surface area contributed by atoms with Crippen LogP contribution in [-0.2, 0) is 0 Å². The van der Waals surface area contributed by atoms with E-state index in [0.717, 1.165) is 15.6 Å². The molecule has 0 aliphatic rings. The summed E-state index contributed by atoms with van der Waals surface area (Å²) in [5.41, 5.74) is 8.82. The number of aromatic nitrogens is 1. The van der Waals surface area contributed by atoms with E-state index < -0.39 is 0 Å². The van der Waals surface area contributed by atoms with Crippen LogP contribution in [0.25, 0.3) is 22.4 Å². The summed E-state index contributed by atoms with van der Waals surface area (Å²) in [6.45, 7) is 0. The first-order chi connectivity index (χ1) is 10.1. The van der Waals surface area contributed by atoms with Crippen molar-refractivity contribution in [3.05, 3.63) is 57.0 Å². The summed E-state index contributed by atoms with van der Waals surface area (Å²) in [5, 5.41) is 5.11. The number of nitrogens with zero attached hydrogens (tertiary/aromatic N) is 1. The Bertz CT molecular complexity index is 817. The van der Waals surface area contributed by atoms with Gasteiger partial charge in [0.25, 0.3) is 0 Å². The van der Waals surface area contributed by atoms with Gasteiger partial charge in [0.2, 0.25) is 5.88 Å². The molecular formula is C15H9BrCl2N2O. The van der Waals surface area contributed by atoms with Gasteiger partial charge in [-0.25, -0.2) is 0 Å². The van der Waals surface area contributed by atoms with Gasteiger partial charge in [-0.2, -0.15) is 0 Å². The smallest absolute Gasteiger partial charge is 0.230 e. The van der Waals surface area contributed by atoms with Crippen LogP contribution in [0.15, 0.2) is 51.5 Å². The van der Waals surface area contributed by atoms with Crippen molar-refractivity contribution in [1.82, 2.24) is 5.16 Å². The third-order valence-corrected chi connectivity index (χ3v) is 4.29. The Balaban J connectivity index is 2.25. The Morgan fingerprint density at radius 2 is 1.81 bits per heavy atom. The quantitative estimate of drug-likeness (QED) is 0.621. The highest BCUT2D eigenvalue weighted by Gasteiger charge is 2.21. The third-order valence-electron chi connectivity index (χ3n) is 3.05. The number of rotatable bonds is 2. The highest BCUT2D eigenvalue weighted by atomic mass is 79.9. The van der Waals surface area contributed by atoms with Crippen molar-refractivity contribution in [1.29, 1.82) is 0 Å². The highest BCUT2D eigenvalue weighted by molar-refractivity contribution is 9.10. The maximum absolute atomic E-state index is 6.27. The van der Waals surface area contributed by atoms with E-state index in [1.807, 2.05) is 24.3 Å². The number of nitrogens with two attached hydrogens (primary N) is 1. The van der Waals surface area contributed by atoms with E-state index in [9.17, 15) is 0 Å². The molecule has 21 heavy (non-hydrogen) atoms. The minimum absolute atomic E-state index is 0.213. The van der Waals surface area contributed by atoms with Crippen molar-refractivity contribution in [2.45, 2.75) is 0 Å². The van der Waals surface area contributed by atoms with Crippen LogP contribution in [0.5, 0.6) is 0 Å². The molecule has 0 fully saturated rings. The fourth-order valence-corrected chi connectivity index (χ4v) is 3.07. The van der Waals surface area contributed by atoms with E-state index in [0.29, 0.717) is 21.3 Å². The van der Waals surface area contributed by atoms with Crippen LogP contribution in [0.2, 0.25) is 10.0 Å². The summed E-state index contributed by atoms with van der Waals surface area (Å²) in [6.07, 6.45) is 0. The normalized spacial score (nSPS) is 10.8. The average Bonchev–Trinajstić information content (AvgIpc) is 2.81. The van der Waals surface area contributed by atoms with Crippen molar-refractivity contribution in [3.8, 4) is 22.4 Å². The number of anilines is 1. The molecular weight excluding hydrogens is 375 g/mol. The average molecular weight is 384 g/mol. The second-order valence-corrected chi connectivity index (χ2v) is 6.07. The van der Waals surface area contributed by atoms with Crippen molar-refractivity contribution in [2.75, 3.05) is 5.73 Å². The summed E-state index contributed by atoms with van der Waals surface area (Å²) in [5.74, 6) is 0.213. The van der Waals surface area contributed by atoms with Crippen LogP contribution in [0.4, 0.5) is 5.88 Å². The molecule has 6 heteroatoms. The summed E-state index contributed by atoms with van der Waals surface area (Å²) >= 11 is 15.7. The molecule has 1 aromatic heterocycles. The predicted molar refractivity (Wildman–Crippen MR) is 89.5 cm³/mol. The largest absolute Gasteiger partial charge is 0.367 e. The topological polar surface area (TPSA) is 52.0 Å². The third kappa shape index (κ3) is 2.67. The molecule has 2 aromatic carbocycles. The SMILES string of the molecule is Nc1onc(-c2ccccc2Br)c1-c1ccc(Cl)cc1Cl. The van der Waals surface area contributed by atoms with Gasteiger partial charge in [-0.15, -0.1) is 0 Å². The molecule has 2 N–H and O–H groups in total. The predicted octanol–water partition coefficient (Wildman–Crippen LogP) is 5.66. The fraction of sp³-hybridized carbons (Fsp3) is 0. The minimum Gasteiger partial charge on any atom is -0.367 e. The molecule has 0 bridgehead atoms. The van der Waals surface area contributed by atoms with Gasteiger partial charge in [0, 0.05) is 20.6 Å². The first-order valence-electron chi connectivity index (χ1n) is 6.03. The van der Waals surface area contributed by atoms with Gasteiger partial charge >= 0.3 is 0 Å². The van der Waals surface area contributed by atoms with Gasteiger partial charge < -0.3 is 10.3 Å². The number of halogens is 3. The summed E-state index contributed by atoms with van der Waals surface area (Å²) in [7, 11) is 0. The highest BCUT2D eigenvalue weighted by Crippen LogP contribution is 2.42. The number of hydrogen-bond donors (Lipinski definition) is 1. The Morgan fingerprint density at radius 3 is 2.52 bits per heavy atom. The molecule has 0 aliphatic carbocycles. The lowest BCUT2D eigenvalue weighted by Gasteiger charge is -2.07. The van der Waals surface area contributed by atoms with Crippen molar-refractivity contribution in [2.24, 2.45) is 0 Å². The van der Waals surface area contributed by atoms with E-state index in [1.54, 1.807) is 18.2 Å². The van der Waals surface area contributed by atoms with Crippen molar-refractivity contribution in [3.63, 3.8) is 0 Å². The zero-order valence-electron chi connectivity index (χ0n) is 10.6. The molecule has 0 amide bonds. The molecule has 3 nitrogen and oxygen atoms in total. The summed E-state index contributed by atoms with van der Waals surface area (Å²) in [4.78, 5) is 0. The van der Waals surface area contributed by atoms with E-state index in [-0.39, 0.29) is 5.88 Å². The zero-order chi connectivity index (χ0) is 15.0. The Labute approximate surface area is 139 Å². The van der Waals surface area contributed by atoms with Gasteiger partial charge in [-0.05, 0) is 18.2 Å². The first kappa shape index (κ1) is 14.4. The lowest BCUT2D eigenvalue weighted by molar-refractivity contribution is 0.439. The summed E-state index contributed by atoms with van der Waals surface area (Å²) < 4.78 is 6.05. The first-order valence-corrected chi connectivity index (χ1v) is 7.58. The van der Waals surface area contributed by atoms with Gasteiger partial charge in [0.15, 0.2) is 0 Å². The van der Waals surface area contributed by atoms with Gasteiger partial charge in [0.1, 0.15) is 5.69 Å². The van der Waals surface area contributed by atoms with Crippen LogP contribution in [0, 0.1) is 0 Å². The van der Waals surface area contributed by atoms with Gasteiger partial charge in [-0.1, -0.05) is 68.6 Å². The minimum atomic E-state index is 0.213. The lowest BCUT2D eigenvalue weighted by atomic mass is 10.0. The molecule has 0 saturated carbocycles. The zero-order valence-corrected chi connectivity index (χ0v) is 13.7. The maximum Gasteiger partial charge on any atom is 0.230 e. The Morgan fingerprint density at radius 1 is 1.05 bits per heavy atom. The van der Waals surface area contributed by atoms with Crippen LogP contribution >= 0.6 is 39.1 Å². The van der Waals surface area contributed by atoms with Gasteiger partial charge in [0.05, 0.1) is 10.6 Å². The van der Waals surface area contributed by atoms with Crippen LogP contribution in [0.1, 0.15) is 0 Å². The summed E-state index contributed by atoms with van der Waals surface area (Å²) in [6, 6.07) is 12.9. The second-order valence-electron chi connectivity index (χ2n) is 4.37. The van der Waals surface area contributed by atoms with E-state index >= 15 is 0 Å². The standard InChI is InChI=1S/C15H9BrCl2N2O/c16-11-4-2-1-3-9(11)14-13(15(19)21-20-14)10-6-5-8(17)7-12(10)18/h1-7H,19H2. The molecule has 0 aliphatic heterocycles. The van der Waals surface area contributed by atoms with Crippen molar-refractivity contribution >= 4 is 45.0 Å². The maximum atomic E-state index is 6.27. The van der Waals surface area contributed by atoms with Gasteiger partial charge in [-0.3, -0.25) is 0 Å². The lowest BCUT2D eigenvalue weighted by Crippen LogP contribution is -1.89.